The number of fused-ring (bicyclic) bond motifs is 1. The Morgan fingerprint density at radius 3 is 2.48 bits per heavy atom. The van der Waals surface area contributed by atoms with E-state index in [0.29, 0.717) is 23.4 Å². The summed E-state index contributed by atoms with van der Waals surface area (Å²) in [6.07, 6.45) is -4.44. The van der Waals surface area contributed by atoms with Crippen LogP contribution in [0.5, 0.6) is 0 Å². The van der Waals surface area contributed by atoms with E-state index in [1.165, 1.54) is 6.07 Å². The average Bonchev–Trinajstić information content (AvgIpc) is 3.21. The van der Waals surface area contributed by atoms with Gasteiger partial charge in [0.15, 0.2) is 0 Å². The number of aromatic nitrogens is 2. The molecule has 0 radical (unpaired) electrons. The average molecular weight is 399 g/mol. The third-order valence-electron chi connectivity index (χ3n) is 5.07. The number of hydrogen-bond acceptors (Lipinski definition) is 2. The third-order valence-corrected chi connectivity index (χ3v) is 5.07. The van der Waals surface area contributed by atoms with Gasteiger partial charge in [-0.1, -0.05) is 56.3 Å². The van der Waals surface area contributed by atoms with Crippen LogP contribution in [-0.2, 0) is 12.7 Å². The van der Waals surface area contributed by atoms with Crippen LogP contribution in [0.3, 0.4) is 0 Å². The first-order chi connectivity index (χ1) is 13.8. The molecule has 1 aliphatic heterocycles. The molecule has 0 bridgehead atoms. The van der Waals surface area contributed by atoms with E-state index in [1.54, 1.807) is 10.7 Å². The minimum absolute atomic E-state index is 0.0155. The lowest BCUT2D eigenvalue weighted by Gasteiger charge is -2.16. The zero-order valence-corrected chi connectivity index (χ0v) is 16.0. The predicted octanol–water partition coefficient (Wildman–Crippen LogP) is 4.91. The molecule has 1 aliphatic rings. The molecule has 7 heteroatoms. The molecule has 29 heavy (non-hydrogen) atoms. The number of carbonyl (C=O) groups excluding carboxylic acids is 1. The summed E-state index contributed by atoms with van der Waals surface area (Å²) in [6, 6.07) is 14.1. The normalized spacial score (nSPS) is 16.2. The van der Waals surface area contributed by atoms with Gasteiger partial charge in [0.05, 0.1) is 23.8 Å². The Labute approximate surface area is 166 Å². The summed E-state index contributed by atoms with van der Waals surface area (Å²) in [6.45, 7) is 4.33. The molecule has 4 nitrogen and oxygen atoms in total. The van der Waals surface area contributed by atoms with Crippen molar-refractivity contribution in [2.24, 2.45) is 0 Å². The zero-order chi connectivity index (χ0) is 20.8. The van der Waals surface area contributed by atoms with Crippen LogP contribution in [0.15, 0.2) is 54.6 Å². The molecule has 0 fully saturated rings. The number of benzene rings is 2. The van der Waals surface area contributed by atoms with Crippen molar-refractivity contribution in [2.45, 2.75) is 38.5 Å². The Kier molecular flexibility index (Phi) is 4.68. The minimum Gasteiger partial charge on any atom is -0.340 e. The number of nitrogens with zero attached hydrogens (tertiary/aromatic N) is 2. The molecule has 0 saturated carbocycles. The number of nitrogens with one attached hydrogen (secondary N) is 1. The van der Waals surface area contributed by atoms with Crippen LogP contribution in [0.2, 0.25) is 0 Å². The number of hydrogen-bond donors (Lipinski definition) is 1. The Morgan fingerprint density at radius 1 is 1.10 bits per heavy atom. The van der Waals surface area contributed by atoms with E-state index in [1.807, 2.05) is 44.2 Å². The van der Waals surface area contributed by atoms with E-state index in [2.05, 4.69) is 10.4 Å². The molecule has 1 unspecified atom stereocenters. The SMILES string of the molecule is CC(C)c1nn(Cc2ccccc2)c2c1C(c1cccc(C(F)(F)F)c1)NC2=O. The second kappa shape index (κ2) is 7.06. The molecule has 1 aromatic heterocycles. The van der Waals surface area contributed by atoms with Crippen LogP contribution in [0.25, 0.3) is 0 Å². The molecule has 1 atom stereocenters. The van der Waals surface area contributed by atoms with Crippen LogP contribution in [0, 0.1) is 0 Å². The molecule has 0 spiro atoms. The van der Waals surface area contributed by atoms with Crippen LogP contribution in [0.4, 0.5) is 13.2 Å². The van der Waals surface area contributed by atoms with Crippen molar-refractivity contribution in [2.75, 3.05) is 0 Å². The molecular formula is C22H20F3N3O. The van der Waals surface area contributed by atoms with E-state index in [0.717, 1.165) is 23.4 Å². The van der Waals surface area contributed by atoms with E-state index < -0.39 is 17.8 Å². The van der Waals surface area contributed by atoms with Crippen molar-refractivity contribution < 1.29 is 18.0 Å². The number of rotatable bonds is 4. The van der Waals surface area contributed by atoms with Crippen LogP contribution in [0.1, 0.15) is 64.2 Å². The van der Waals surface area contributed by atoms with Crippen molar-refractivity contribution in [3.8, 4) is 0 Å². The lowest BCUT2D eigenvalue weighted by atomic mass is 9.94. The van der Waals surface area contributed by atoms with Gasteiger partial charge in [0.25, 0.3) is 5.91 Å². The third kappa shape index (κ3) is 3.52. The van der Waals surface area contributed by atoms with E-state index in [4.69, 9.17) is 0 Å². The summed E-state index contributed by atoms with van der Waals surface area (Å²) in [5.41, 5.74) is 2.45. The molecule has 3 aromatic rings. The van der Waals surface area contributed by atoms with Gasteiger partial charge >= 0.3 is 6.18 Å². The highest BCUT2D eigenvalue weighted by Crippen LogP contribution is 2.38. The summed E-state index contributed by atoms with van der Waals surface area (Å²) < 4.78 is 41.2. The highest BCUT2D eigenvalue weighted by molar-refractivity contribution is 5.98. The number of carbonyl (C=O) groups is 1. The summed E-state index contributed by atoms with van der Waals surface area (Å²) in [4.78, 5) is 12.8. The predicted molar refractivity (Wildman–Crippen MR) is 103 cm³/mol. The van der Waals surface area contributed by atoms with Crippen LogP contribution >= 0.6 is 0 Å². The van der Waals surface area contributed by atoms with Crippen LogP contribution in [-0.4, -0.2) is 15.7 Å². The maximum absolute atomic E-state index is 13.2. The largest absolute Gasteiger partial charge is 0.416 e. The topological polar surface area (TPSA) is 46.9 Å². The van der Waals surface area contributed by atoms with Crippen molar-refractivity contribution in [1.29, 1.82) is 0 Å². The minimum atomic E-state index is -4.44. The summed E-state index contributed by atoms with van der Waals surface area (Å²) in [5.74, 6) is -0.306. The highest BCUT2D eigenvalue weighted by Gasteiger charge is 2.39. The highest BCUT2D eigenvalue weighted by atomic mass is 19.4. The number of halogens is 3. The van der Waals surface area contributed by atoms with Gasteiger partial charge in [0.1, 0.15) is 5.69 Å². The maximum Gasteiger partial charge on any atom is 0.416 e. The lowest BCUT2D eigenvalue weighted by molar-refractivity contribution is -0.137. The van der Waals surface area contributed by atoms with E-state index in [9.17, 15) is 18.0 Å². The van der Waals surface area contributed by atoms with Gasteiger partial charge in [0.2, 0.25) is 0 Å². The summed E-state index contributed by atoms with van der Waals surface area (Å²) >= 11 is 0. The Bertz CT molecular complexity index is 1050. The molecule has 1 amide bonds. The smallest absolute Gasteiger partial charge is 0.340 e. The van der Waals surface area contributed by atoms with Crippen molar-refractivity contribution >= 4 is 5.91 Å². The van der Waals surface area contributed by atoms with Gasteiger partial charge < -0.3 is 5.32 Å². The summed E-state index contributed by atoms with van der Waals surface area (Å²) in [5, 5.41) is 7.51. The molecular weight excluding hydrogens is 379 g/mol. The van der Waals surface area contributed by atoms with Gasteiger partial charge in [-0.15, -0.1) is 0 Å². The quantitative estimate of drug-likeness (QED) is 0.678. The number of alkyl halides is 3. The fourth-order valence-electron chi connectivity index (χ4n) is 3.73. The monoisotopic (exact) mass is 399 g/mol. The van der Waals surface area contributed by atoms with Crippen molar-refractivity contribution in [3.05, 3.63) is 88.2 Å². The Morgan fingerprint density at radius 2 is 1.83 bits per heavy atom. The van der Waals surface area contributed by atoms with Gasteiger partial charge in [-0.2, -0.15) is 18.3 Å². The molecule has 0 aliphatic carbocycles. The first-order valence-electron chi connectivity index (χ1n) is 9.38. The second-order valence-electron chi connectivity index (χ2n) is 7.48. The number of amides is 1. The van der Waals surface area contributed by atoms with Crippen molar-refractivity contribution in [1.82, 2.24) is 15.1 Å². The van der Waals surface area contributed by atoms with Gasteiger partial charge in [0, 0.05) is 5.56 Å². The molecule has 2 aromatic carbocycles. The zero-order valence-electron chi connectivity index (χ0n) is 16.0. The molecule has 0 saturated heterocycles. The molecule has 2 heterocycles. The first-order valence-corrected chi connectivity index (χ1v) is 9.38. The second-order valence-corrected chi connectivity index (χ2v) is 7.48. The van der Waals surface area contributed by atoms with Gasteiger partial charge in [-0.3, -0.25) is 9.48 Å². The Balaban J connectivity index is 1.81. The van der Waals surface area contributed by atoms with Gasteiger partial charge in [-0.25, -0.2) is 0 Å². The molecule has 4 rings (SSSR count). The maximum atomic E-state index is 13.2. The molecule has 150 valence electrons. The fraction of sp³-hybridized carbons (Fsp3) is 0.273. The van der Waals surface area contributed by atoms with E-state index >= 15 is 0 Å². The van der Waals surface area contributed by atoms with Crippen molar-refractivity contribution in [3.63, 3.8) is 0 Å². The fourth-order valence-corrected chi connectivity index (χ4v) is 3.73. The summed E-state index contributed by atoms with van der Waals surface area (Å²) in [7, 11) is 0. The van der Waals surface area contributed by atoms with Crippen LogP contribution < -0.4 is 5.32 Å². The van der Waals surface area contributed by atoms with E-state index in [-0.39, 0.29) is 11.8 Å². The first kappa shape index (κ1) is 19.2. The molecule has 1 N–H and O–H groups in total. The van der Waals surface area contributed by atoms with Gasteiger partial charge in [-0.05, 0) is 29.2 Å². The lowest BCUT2D eigenvalue weighted by Crippen LogP contribution is -2.23. The Hall–Kier alpha value is -3.09. The standard InChI is InChI=1S/C22H20F3N3O/c1-13(2)18-17-19(15-9-6-10-16(11-15)22(23,24)25)26-21(29)20(17)28(27-18)12-14-7-4-3-5-8-14/h3-11,13,19H,12H2,1-2H3,(H,26,29).